The zero-order valence-electron chi connectivity index (χ0n) is 12.4. The number of hydrogen-bond acceptors (Lipinski definition) is 5. The van der Waals surface area contributed by atoms with Gasteiger partial charge in [-0.15, -0.1) is 0 Å². The van der Waals surface area contributed by atoms with Crippen molar-refractivity contribution in [1.82, 2.24) is 4.90 Å². The van der Waals surface area contributed by atoms with Gasteiger partial charge in [0.15, 0.2) is 0 Å². The summed E-state index contributed by atoms with van der Waals surface area (Å²) in [6.45, 7) is 3.73. The summed E-state index contributed by atoms with van der Waals surface area (Å²) in [5.74, 6) is -0.313. The summed E-state index contributed by atoms with van der Waals surface area (Å²) in [5.41, 5.74) is 1.64. The molecular formula is C15H23NO4. The molecule has 0 amide bonds. The normalized spacial score (nSPS) is 10.8. The molecule has 0 aliphatic carbocycles. The van der Waals surface area contributed by atoms with Gasteiger partial charge < -0.3 is 14.2 Å². The molecule has 20 heavy (non-hydrogen) atoms. The van der Waals surface area contributed by atoms with E-state index in [-0.39, 0.29) is 5.97 Å². The second-order valence-corrected chi connectivity index (χ2v) is 4.45. The Bertz CT molecular complexity index is 401. The van der Waals surface area contributed by atoms with Gasteiger partial charge in [0.05, 0.1) is 25.9 Å². The summed E-state index contributed by atoms with van der Waals surface area (Å²) < 4.78 is 15.0. The van der Waals surface area contributed by atoms with Crippen LogP contribution in [0.15, 0.2) is 24.3 Å². The van der Waals surface area contributed by atoms with Crippen molar-refractivity contribution < 1.29 is 19.0 Å². The van der Waals surface area contributed by atoms with Crippen LogP contribution >= 0.6 is 0 Å². The number of nitrogens with zero attached hydrogens (tertiary/aromatic N) is 1. The summed E-state index contributed by atoms with van der Waals surface area (Å²) in [6, 6.07) is 7.48. The first kappa shape index (κ1) is 16.6. The van der Waals surface area contributed by atoms with Crippen molar-refractivity contribution in [2.24, 2.45) is 0 Å². The first-order valence-corrected chi connectivity index (χ1v) is 6.58. The van der Waals surface area contributed by atoms with Crippen molar-refractivity contribution in [3.63, 3.8) is 0 Å². The van der Waals surface area contributed by atoms with Crippen LogP contribution < -0.4 is 0 Å². The molecule has 0 heterocycles. The third-order valence-corrected chi connectivity index (χ3v) is 2.98. The Labute approximate surface area is 120 Å². The Kier molecular flexibility index (Phi) is 7.87. The SMILES string of the molecule is COCCN(CCOC)Cc1cccc(C(=O)OC)c1. The average molecular weight is 281 g/mol. The van der Waals surface area contributed by atoms with E-state index in [2.05, 4.69) is 4.90 Å². The molecule has 0 aliphatic rings. The van der Waals surface area contributed by atoms with Gasteiger partial charge in [0, 0.05) is 33.9 Å². The Balaban J connectivity index is 2.68. The van der Waals surface area contributed by atoms with E-state index in [1.807, 2.05) is 18.2 Å². The summed E-state index contributed by atoms with van der Waals surface area (Å²) in [6.07, 6.45) is 0. The summed E-state index contributed by atoms with van der Waals surface area (Å²) in [5, 5.41) is 0. The van der Waals surface area contributed by atoms with Gasteiger partial charge in [0.25, 0.3) is 0 Å². The number of benzene rings is 1. The number of methoxy groups -OCH3 is 3. The number of carbonyl (C=O) groups excluding carboxylic acids is 1. The molecule has 0 bridgehead atoms. The highest BCUT2D eigenvalue weighted by Gasteiger charge is 2.09. The van der Waals surface area contributed by atoms with Crippen LogP contribution in [-0.4, -0.2) is 58.5 Å². The van der Waals surface area contributed by atoms with Crippen LogP contribution in [0.1, 0.15) is 15.9 Å². The number of ether oxygens (including phenoxy) is 3. The number of esters is 1. The van der Waals surface area contributed by atoms with Crippen LogP contribution in [0.2, 0.25) is 0 Å². The van der Waals surface area contributed by atoms with Crippen LogP contribution in [0.5, 0.6) is 0 Å². The second-order valence-electron chi connectivity index (χ2n) is 4.45. The van der Waals surface area contributed by atoms with Crippen molar-refractivity contribution >= 4 is 5.97 Å². The summed E-state index contributed by atoms with van der Waals surface area (Å²) in [4.78, 5) is 13.7. The minimum atomic E-state index is -0.313. The van der Waals surface area contributed by atoms with E-state index in [0.29, 0.717) is 18.8 Å². The topological polar surface area (TPSA) is 48.0 Å². The highest BCUT2D eigenvalue weighted by Crippen LogP contribution is 2.09. The summed E-state index contributed by atoms with van der Waals surface area (Å²) in [7, 11) is 4.76. The van der Waals surface area contributed by atoms with E-state index in [1.54, 1.807) is 20.3 Å². The second kappa shape index (κ2) is 9.47. The number of hydrogen-bond donors (Lipinski definition) is 0. The third-order valence-electron chi connectivity index (χ3n) is 2.98. The molecule has 0 atom stereocenters. The molecule has 5 heteroatoms. The third kappa shape index (κ3) is 5.69. The molecule has 1 rings (SSSR count). The van der Waals surface area contributed by atoms with Crippen molar-refractivity contribution in [3.05, 3.63) is 35.4 Å². The van der Waals surface area contributed by atoms with E-state index < -0.39 is 0 Å². The van der Waals surface area contributed by atoms with Gasteiger partial charge in [-0.1, -0.05) is 12.1 Å². The number of rotatable bonds is 9. The van der Waals surface area contributed by atoms with Crippen LogP contribution in [-0.2, 0) is 20.8 Å². The largest absolute Gasteiger partial charge is 0.465 e. The Morgan fingerprint density at radius 2 is 1.75 bits per heavy atom. The van der Waals surface area contributed by atoms with E-state index in [1.165, 1.54) is 7.11 Å². The fraction of sp³-hybridized carbons (Fsp3) is 0.533. The van der Waals surface area contributed by atoms with Crippen molar-refractivity contribution in [2.75, 3.05) is 47.6 Å². The molecule has 0 saturated heterocycles. The highest BCUT2D eigenvalue weighted by atomic mass is 16.5. The van der Waals surface area contributed by atoms with Gasteiger partial charge >= 0.3 is 5.97 Å². The molecule has 0 spiro atoms. The molecule has 0 saturated carbocycles. The molecule has 0 aliphatic heterocycles. The molecule has 0 aromatic heterocycles. The van der Waals surface area contributed by atoms with Crippen molar-refractivity contribution in [1.29, 1.82) is 0 Å². The number of carbonyl (C=O) groups is 1. The monoisotopic (exact) mass is 281 g/mol. The predicted octanol–water partition coefficient (Wildman–Crippen LogP) is 1.57. The molecule has 1 aromatic rings. The molecule has 0 fully saturated rings. The van der Waals surface area contributed by atoms with Crippen LogP contribution in [0.25, 0.3) is 0 Å². The zero-order valence-corrected chi connectivity index (χ0v) is 12.4. The fourth-order valence-electron chi connectivity index (χ4n) is 1.88. The lowest BCUT2D eigenvalue weighted by Crippen LogP contribution is -2.30. The molecule has 0 N–H and O–H groups in total. The quantitative estimate of drug-likeness (QED) is 0.643. The lowest BCUT2D eigenvalue weighted by molar-refractivity contribution is 0.0600. The smallest absolute Gasteiger partial charge is 0.337 e. The lowest BCUT2D eigenvalue weighted by atomic mass is 10.1. The van der Waals surface area contributed by atoms with Crippen molar-refractivity contribution in [2.45, 2.75) is 6.54 Å². The molecule has 112 valence electrons. The van der Waals surface area contributed by atoms with Crippen molar-refractivity contribution in [3.8, 4) is 0 Å². The maximum Gasteiger partial charge on any atom is 0.337 e. The minimum absolute atomic E-state index is 0.313. The van der Waals surface area contributed by atoms with Crippen LogP contribution in [0.4, 0.5) is 0 Å². The maximum atomic E-state index is 11.5. The molecule has 5 nitrogen and oxygen atoms in total. The fourth-order valence-corrected chi connectivity index (χ4v) is 1.88. The van der Waals surface area contributed by atoms with Gasteiger partial charge in [-0.2, -0.15) is 0 Å². The van der Waals surface area contributed by atoms with Gasteiger partial charge in [-0.05, 0) is 17.7 Å². The first-order valence-electron chi connectivity index (χ1n) is 6.58. The van der Waals surface area contributed by atoms with Crippen LogP contribution in [0.3, 0.4) is 0 Å². The van der Waals surface area contributed by atoms with Gasteiger partial charge in [0.1, 0.15) is 0 Å². The van der Waals surface area contributed by atoms with E-state index in [9.17, 15) is 4.79 Å². The van der Waals surface area contributed by atoms with Crippen LogP contribution in [0, 0.1) is 0 Å². The molecule has 0 radical (unpaired) electrons. The Hall–Kier alpha value is -1.43. The maximum absolute atomic E-state index is 11.5. The molecular weight excluding hydrogens is 258 g/mol. The van der Waals surface area contributed by atoms with Gasteiger partial charge in [-0.25, -0.2) is 4.79 Å². The Morgan fingerprint density at radius 3 is 2.30 bits per heavy atom. The minimum Gasteiger partial charge on any atom is -0.465 e. The zero-order chi connectivity index (χ0) is 14.8. The predicted molar refractivity (Wildman–Crippen MR) is 76.8 cm³/mol. The molecule has 1 aromatic carbocycles. The van der Waals surface area contributed by atoms with Gasteiger partial charge in [0.2, 0.25) is 0 Å². The van der Waals surface area contributed by atoms with E-state index in [0.717, 1.165) is 25.2 Å². The Morgan fingerprint density at radius 1 is 1.10 bits per heavy atom. The average Bonchev–Trinajstić information content (AvgIpc) is 2.49. The first-order chi connectivity index (χ1) is 9.71. The highest BCUT2D eigenvalue weighted by molar-refractivity contribution is 5.89. The molecule has 0 unspecified atom stereocenters. The van der Waals surface area contributed by atoms with E-state index in [4.69, 9.17) is 14.2 Å². The summed E-state index contributed by atoms with van der Waals surface area (Å²) >= 11 is 0. The lowest BCUT2D eigenvalue weighted by Gasteiger charge is -2.21. The van der Waals surface area contributed by atoms with E-state index >= 15 is 0 Å². The van der Waals surface area contributed by atoms with Gasteiger partial charge in [-0.3, -0.25) is 4.90 Å². The standard InChI is InChI=1S/C15H23NO4/c1-18-9-7-16(8-10-19-2)12-13-5-4-6-14(11-13)15(17)20-3/h4-6,11H,7-10,12H2,1-3H3.